The second-order valence-electron chi connectivity index (χ2n) is 20.8. The van der Waals surface area contributed by atoms with Crippen LogP contribution >= 0.6 is 11.6 Å². The zero-order valence-electron chi connectivity index (χ0n) is 43.8. The largest absolute Gasteiger partial charge is 0.460 e. The first-order chi connectivity index (χ1) is 33.3. The number of unbranched alkanes of at least 4 members (excludes halogenated alkanes) is 1. The van der Waals surface area contributed by atoms with Crippen molar-refractivity contribution in [2.75, 3.05) is 40.4 Å². The van der Waals surface area contributed by atoms with Crippen molar-refractivity contribution in [1.29, 1.82) is 0 Å². The number of carbonyl (C=O) groups excluding carboxylic acids is 5. The minimum atomic E-state index is -2.43. The number of hydrogen-bond acceptors (Lipinski definition) is 13. The highest BCUT2D eigenvalue weighted by Crippen LogP contribution is 2.38. The van der Waals surface area contributed by atoms with Gasteiger partial charge >= 0.3 is 5.97 Å². The number of allylic oxidation sites excluding steroid dienone is 6. The molecule has 1 saturated carbocycles. The van der Waals surface area contributed by atoms with Gasteiger partial charge in [0.2, 0.25) is 5.79 Å². The molecule has 4 aliphatic rings. The molecule has 2 bridgehead atoms. The van der Waals surface area contributed by atoms with Gasteiger partial charge in [-0.15, -0.1) is 11.6 Å². The van der Waals surface area contributed by atoms with Crippen LogP contribution in [0.4, 0.5) is 0 Å². The van der Waals surface area contributed by atoms with Gasteiger partial charge in [0.15, 0.2) is 5.78 Å². The Balaban J connectivity index is 1.68. The zero-order chi connectivity index (χ0) is 51.7. The molecule has 3 aliphatic heterocycles. The molecule has 2 saturated heterocycles. The Labute approximate surface area is 423 Å². The van der Waals surface area contributed by atoms with Crippen LogP contribution in [0.5, 0.6) is 0 Å². The van der Waals surface area contributed by atoms with Crippen LogP contribution in [0.2, 0.25) is 0 Å². The summed E-state index contributed by atoms with van der Waals surface area (Å²) >= 11 is 5.88. The van der Waals surface area contributed by atoms with Crippen molar-refractivity contribution in [1.82, 2.24) is 4.90 Å². The van der Waals surface area contributed by atoms with E-state index in [0.717, 1.165) is 37.7 Å². The fourth-order valence-electron chi connectivity index (χ4n) is 10.7. The van der Waals surface area contributed by atoms with Crippen molar-refractivity contribution in [2.24, 2.45) is 35.5 Å². The van der Waals surface area contributed by atoms with Crippen molar-refractivity contribution in [2.45, 2.75) is 193 Å². The van der Waals surface area contributed by atoms with Crippen LogP contribution in [0.15, 0.2) is 47.6 Å². The van der Waals surface area contributed by atoms with E-state index in [0.29, 0.717) is 63.0 Å². The average molecular weight is 1000 g/mol. The van der Waals surface area contributed by atoms with E-state index in [-0.39, 0.29) is 60.9 Å². The molecule has 396 valence electrons. The number of amides is 1. The highest BCUT2D eigenvalue weighted by atomic mass is 35.5. The summed E-state index contributed by atoms with van der Waals surface area (Å²) < 4.78 is 36.1. The molecule has 0 aromatic rings. The Morgan fingerprint density at radius 2 is 1.60 bits per heavy atom. The molecule has 1 unspecified atom stereocenters. The van der Waals surface area contributed by atoms with Crippen molar-refractivity contribution in [3.05, 3.63) is 47.6 Å². The van der Waals surface area contributed by atoms with Gasteiger partial charge in [0.05, 0.1) is 24.4 Å². The van der Waals surface area contributed by atoms with E-state index in [1.807, 2.05) is 58.1 Å². The number of halogens is 1. The number of fused-ring (bicyclic) bond motifs is 3. The Morgan fingerprint density at radius 1 is 0.857 bits per heavy atom. The number of alkyl halides is 1. The Morgan fingerprint density at radius 3 is 2.29 bits per heavy atom. The van der Waals surface area contributed by atoms with Gasteiger partial charge in [0.25, 0.3) is 11.7 Å². The van der Waals surface area contributed by atoms with Crippen molar-refractivity contribution >= 4 is 40.8 Å². The maximum Gasteiger partial charge on any atom is 0.329 e. The van der Waals surface area contributed by atoms with Gasteiger partial charge in [0.1, 0.15) is 30.1 Å². The molecule has 15 atom stereocenters. The van der Waals surface area contributed by atoms with Crippen LogP contribution in [0, 0.1) is 35.5 Å². The lowest BCUT2D eigenvalue weighted by Gasteiger charge is -2.42. The highest BCUT2D eigenvalue weighted by molar-refractivity contribution is 6.39. The monoisotopic (exact) mass is 1000 g/mol. The van der Waals surface area contributed by atoms with Gasteiger partial charge in [0, 0.05) is 71.0 Å². The predicted octanol–water partition coefficient (Wildman–Crippen LogP) is 8.22. The Kier molecular flexibility index (Phi) is 24.6. The molecular formula is C55H86ClNO13. The minimum absolute atomic E-state index is 0.0200. The van der Waals surface area contributed by atoms with Gasteiger partial charge < -0.3 is 43.5 Å². The summed E-state index contributed by atoms with van der Waals surface area (Å²) in [4.78, 5) is 72.4. The van der Waals surface area contributed by atoms with Gasteiger partial charge in [-0.25, -0.2) is 4.79 Å². The van der Waals surface area contributed by atoms with E-state index < -0.39 is 77.8 Å². The second kappa shape index (κ2) is 29.0. The first-order valence-electron chi connectivity index (χ1n) is 26.0. The summed E-state index contributed by atoms with van der Waals surface area (Å²) in [7, 11) is 4.65. The number of aliphatic hydroxyl groups excluding tert-OH is 1. The number of nitrogens with zero attached hydrogens (tertiary/aromatic N) is 1. The van der Waals surface area contributed by atoms with Crippen LogP contribution < -0.4 is 0 Å². The maximum absolute atomic E-state index is 14.5. The molecule has 70 heavy (non-hydrogen) atoms. The number of Topliss-reactive ketones (excluding diaryl/α,β-unsaturated/α-hetero) is 3. The molecule has 0 aromatic heterocycles. The molecule has 3 fully saturated rings. The van der Waals surface area contributed by atoms with E-state index in [1.165, 1.54) is 12.0 Å². The lowest BCUT2D eigenvalue weighted by atomic mass is 9.78. The lowest BCUT2D eigenvalue weighted by Crippen LogP contribution is -2.61. The predicted molar refractivity (Wildman–Crippen MR) is 269 cm³/mol. The van der Waals surface area contributed by atoms with Gasteiger partial charge in [-0.2, -0.15) is 0 Å². The summed E-state index contributed by atoms with van der Waals surface area (Å²) in [6, 6.07) is -1.13. The number of ether oxygens (including phenoxy) is 6. The van der Waals surface area contributed by atoms with E-state index in [2.05, 4.69) is 0 Å². The minimum Gasteiger partial charge on any atom is -0.460 e. The molecule has 4 rings (SSSR count). The standard InChI is InChI=1S/C55H86ClNO13/c1-34-18-12-11-13-19-35(2)46(65-8)32-42-23-21-40(7)55(64,70-42)52(61)53(62)57-26-16-14-20-43(57)54(63)69-47(37(4)30-41-22-24-45(48(31-41)66-9)68-27-17-15-25-56)33-44(58)36(3)29-39(6)50(60)51(67-10)49(59)38(5)28-34/h11-13,18-19,29,34,36-38,40-43,45-48,50-51,60,64H,14-17,20-28,30-33H2,1-10H3/b13-11+,18-12-,35-19+,39-29+/t34-,36-,37-,38-,40-,41+,42+,43?,45-,46+,47+,48-,50-,51+,55-/m1/s1. The van der Waals surface area contributed by atoms with E-state index in [1.54, 1.807) is 41.1 Å². The molecule has 0 spiro atoms. The van der Waals surface area contributed by atoms with Crippen molar-refractivity contribution in [3.63, 3.8) is 0 Å². The van der Waals surface area contributed by atoms with E-state index >= 15 is 0 Å². The maximum atomic E-state index is 14.5. The molecule has 3 heterocycles. The topological polar surface area (TPSA) is 184 Å². The smallest absolute Gasteiger partial charge is 0.329 e. The summed E-state index contributed by atoms with van der Waals surface area (Å²) in [6.45, 7) is 13.5. The number of cyclic esters (lactones) is 1. The Bertz CT molecular complexity index is 1850. The first kappa shape index (κ1) is 59.5. The summed E-state index contributed by atoms with van der Waals surface area (Å²) in [5.74, 6) is -7.22. The molecule has 0 aromatic carbocycles. The van der Waals surface area contributed by atoms with Crippen molar-refractivity contribution in [3.8, 4) is 0 Å². The highest BCUT2D eigenvalue weighted by Gasteiger charge is 2.53. The van der Waals surface area contributed by atoms with Gasteiger partial charge in [-0.05, 0) is 120 Å². The lowest BCUT2D eigenvalue weighted by molar-refractivity contribution is -0.265. The third-order valence-electron chi connectivity index (χ3n) is 15.3. The second-order valence-corrected chi connectivity index (χ2v) is 21.2. The van der Waals surface area contributed by atoms with Gasteiger partial charge in [-0.3, -0.25) is 19.2 Å². The first-order valence-corrected chi connectivity index (χ1v) is 26.5. The summed E-state index contributed by atoms with van der Waals surface area (Å²) in [6.07, 6.45) is 14.3. The van der Waals surface area contributed by atoms with Crippen LogP contribution in [-0.4, -0.2) is 139 Å². The number of esters is 1. The third-order valence-corrected chi connectivity index (χ3v) is 15.6. The van der Waals surface area contributed by atoms with Crippen molar-refractivity contribution < 1.29 is 62.6 Å². The molecule has 2 N–H and O–H groups in total. The van der Waals surface area contributed by atoms with Crippen LogP contribution in [0.1, 0.15) is 138 Å². The molecular weight excluding hydrogens is 918 g/mol. The quantitative estimate of drug-likeness (QED) is 0.0664. The fraction of sp³-hybridized carbons (Fsp3) is 0.764. The molecule has 14 nitrogen and oxygen atoms in total. The third kappa shape index (κ3) is 16.5. The number of hydrogen-bond donors (Lipinski definition) is 2. The van der Waals surface area contributed by atoms with Crippen LogP contribution in [0.25, 0.3) is 0 Å². The molecule has 0 radical (unpaired) electrons. The zero-order valence-corrected chi connectivity index (χ0v) is 44.5. The molecule has 15 heteroatoms. The number of ketones is 3. The Hall–Kier alpha value is -3.08. The number of methoxy groups -OCH3 is 3. The number of carbonyl (C=O) groups is 5. The molecule has 1 amide bonds. The summed E-state index contributed by atoms with van der Waals surface area (Å²) in [5.41, 5.74) is 1.28. The van der Waals surface area contributed by atoms with E-state index in [4.69, 9.17) is 40.0 Å². The number of aliphatic hydroxyl groups is 2. The average Bonchev–Trinajstić information content (AvgIpc) is 3.34. The number of rotatable bonds is 11. The van der Waals surface area contributed by atoms with Crippen LogP contribution in [-0.2, 0) is 52.4 Å². The fourth-order valence-corrected chi connectivity index (χ4v) is 10.9. The molecule has 1 aliphatic carbocycles. The SMILES string of the molecule is CO[C@H]1C[C@@H]2CC[C@@H](C)[C@@](O)(O2)C(=O)C(=O)N2CCCCC2C(=O)O[C@H]([C@H](C)C[C@@H]2CC[C@@H](OCCCCCl)[C@H](OC)C2)CC(=O)[C@H](C)/C=C(\C)[C@@H](O)[C@@H](OC)C(=O)[C@H](C)C[C@H](C)\C=C/C=C/C=C/1C. The number of piperidine rings is 1. The summed E-state index contributed by atoms with van der Waals surface area (Å²) in [5, 5.41) is 23.5. The normalized spacial score (nSPS) is 38.4. The van der Waals surface area contributed by atoms with Gasteiger partial charge in [-0.1, -0.05) is 71.1 Å². The van der Waals surface area contributed by atoms with E-state index in [9.17, 15) is 34.2 Å². The van der Waals surface area contributed by atoms with Crippen LogP contribution in [0.3, 0.4) is 0 Å².